The number of nitrogens with zero attached hydrogens (tertiary/aromatic N) is 2. The van der Waals surface area contributed by atoms with Crippen LogP contribution in [-0.4, -0.2) is 39.5 Å². The van der Waals surface area contributed by atoms with Gasteiger partial charge in [0.25, 0.3) is 5.91 Å². The van der Waals surface area contributed by atoms with E-state index in [1.165, 1.54) is 16.9 Å². The molecule has 0 aliphatic carbocycles. The van der Waals surface area contributed by atoms with E-state index in [9.17, 15) is 14.7 Å². The Hall–Kier alpha value is -1.89. The average molecular weight is 241 g/mol. The molecule has 0 fully saturated rings. The molecule has 0 aliphatic heterocycles. The molecule has 0 aliphatic rings. The van der Waals surface area contributed by atoms with Gasteiger partial charge in [-0.25, -0.2) is 0 Å². The van der Waals surface area contributed by atoms with E-state index in [0.29, 0.717) is 0 Å². The number of carbonyl (C=O) groups excluding carboxylic acids is 2. The van der Waals surface area contributed by atoms with Crippen molar-refractivity contribution in [1.82, 2.24) is 9.78 Å². The van der Waals surface area contributed by atoms with E-state index in [1.807, 2.05) is 0 Å². The van der Waals surface area contributed by atoms with Gasteiger partial charge < -0.3 is 15.6 Å². The molecule has 1 rings (SSSR count). The van der Waals surface area contributed by atoms with E-state index in [-0.39, 0.29) is 25.3 Å². The van der Waals surface area contributed by atoms with Crippen LogP contribution in [-0.2, 0) is 16.1 Å². The normalized spacial score (nSPS) is 12.1. The van der Waals surface area contributed by atoms with E-state index in [2.05, 4.69) is 5.10 Å². The van der Waals surface area contributed by atoms with E-state index in [1.54, 1.807) is 6.92 Å². The summed E-state index contributed by atoms with van der Waals surface area (Å²) in [6.45, 7) is 2.07. The molecule has 0 radical (unpaired) electrons. The van der Waals surface area contributed by atoms with Crippen molar-refractivity contribution >= 4 is 11.9 Å². The Kier molecular flexibility index (Phi) is 4.65. The van der Waals surface area contributed by atoms with Gasteiger partial charge in [0, 0.05) is 6.20 Å². The summed E-state index contributed by atoms with van der Waals surface area (Å²) in [6, 6.07) is 1.44. The first-order valence-electron chi connectivity index (χ1n) is 5.20. The number of primary amides is 1. The van der Waals surface area contributed by atoms with Gasteiger partial charge in [-0.05, 0) is 13.0 Å². The first-order valence-corrected chi connectivity index (χ1v) is 5.20. The molecule has 1 unspecified atom stereocenters. The lowest BCUT2D eigenvalue weighted by molar-refractivity contribution is -0.145. The van der Waals surface area contributed by atoms with Crippen molar-refractivity contribution in [2.45, 2.75) is 26.0 Å². The second-order valence-electron chi connectivity index (χ2n) is 3.45. The molecule has 0 bridgehead atoms. The van der Waals surface area contributed by atoms with Crippen molar-refractivity contribution < 1.29 is 19.4 Å². The summed E-state index contributed by atoms with van der Waals surface area (Å²) >= 11 is 0. The SMILES string of the molecule is CCOC(=O)CC(O)Cn1ccc(C(N)=O)n1. The highest BCUT2D eigenvalue weighted by atomic mass is 16.5. The molecule has 0 saturated heterocycles. The average Bonchev–Trinajstić information content (AvgIpc) is 2.66. The van der Waals surface area contributed by atoms with Gasteiger partial charge in [0.15, 0.2) is 0 Å². The first kappa shape index (κ1) is 13.2. The van der Waals surface area contributed by atoms with Gasteiger partial charge in [0.05, 0.1) is 25.7 Å². The van der Waals surface area contributed by atoms with Gasteiger partial charge in [0.2, 0.25) is 0 Å². The van der Waals surface area contributed by atoms with Crippen molar-refractivity contribution in [3.8, 4) is 0 Å². The molecule has 0 aromatic carbocycles. The van der Waals surface area contributed by atoms with Gasteiger partial charge >= 0.3 is 5.97 Å². The van der Waals surface area contributed by atoms with E-state index in [0.717, 1.165) is 0 Å². The molecule has 0 saturated carbocycles. The van der Waals surface area contributed by atoms with E-state index < -0.39 is 18.0 Å². The standard InChI is InChI=1S/C10H15N3O4/c1-2-17-9(15)5-7(14)6-13-4-3-8(12-13)10(11)16/h3-4,7,14H,2,5-6H2,1H3,(H2,11,16). The fraction of sp³-hybridized carbons (Fsp3) is 0.500. The third-order valence-electron chi connectivity index (χ3n) is 2.00. The van der Waals surface area contributed by atoms with Crippen molar-refractivity contribution in [1.29, 1.82) is 0 Å². The number of hydrogen-bond acceptors (Lipinski definition) is 5. The fourth-order valence-corrected chi connectivity index (χ4v) is 1.29. The van der Waals surface area contributed by atoms with Crippen LogP contribution in [0.25, 0.3) is 0 Å². The van der Waals surface area contributed by atoms with Crippen molar-refractivity contribution in [3.05, 3.63) is 18.0 Å². The Labute approximate surface area is 98.2 Å². The Bertz CT molecular complexity index is 402. The van der Waals surface area contributed by atoms with E-state index in [4.69, 9.17) is 10.5 Å². The zero-order chi connectivity index (χ0) is 12.8. The van der Waals surface area contributed by atoms with Crippen molar-refractivity contribution in [2.24, 2.45) is 5.73 Å². The molecule has 1 atom stereocenters. The maximum atomic E-state index is 11.1. The minimum Gasteiger partial charge on any atom is -0.466 e. The van der Waals surface area contributed by atoms with Gasteiger partial charge in [-0.2, -0.15) is 5.10 Å². The number of esters is 1. The predicted octanol–water partition coefficient (Wildman–Crippen LogP) is -0.704. The summed E-state index contributed by atoms with van der Waals surface area (Å²) in [7, 11) is 0. The van der Waals surface area contributed by atoms with Crippen LogP contribution < -0.4 is 5.73 Å². The minimum absolute atomic E-state index is 0.103. The Morgan fingerprint density at radius 3 is 2.88 bits per heavy atom. The first-order chi connectivity index (χ1) is 8.02. The molecule has 17 heavy (non-hydrogen) atoms. The molecule has 1 amide bonds. The van der Waals surface area contributed by atoms with Crippen LogP contribution in [0.1, 0.15) is 23.8 Å². The summed E-state index contributed by atoms with van der Waals surface area (Å²) in [5, 5.41) is 13.4. The molecule has 3 N–H and O–H groups in total. The lowest BCUT2D eigenvalue weighted by Crippen LogP contribution is -2.22. The lowest BCUT2D eigenvalue weighted by Gasteiger charge is -2.09. The number of ether oxygens (including phenoxy) is 1. The smallest absolute Gasteiger partial charge is 0.308 e. The van der Waals surface area contributed by atoms with Crippen molar-refractivity contribution in [2.75, 3.05) is 6.61 Å². The third-order valence-corrected chi connectivity index (χ3v) is 2.00. The van der Waals surface area contributed by atoms with Crippen LogP contribution >= 0.6 is 0 Å². The molecule has 7 nitrogen and oxygen atoms in total. The molecule has 1 heterocycles. The van der Waals surface area contributed by atoms with Crippen molar-refractivity contribution in [3.63, 3.8) is 0 Å². The molecule has 94 valence electrons. The fourth-order valence-electron chi connectivity index (χ4n) is 1.29. The Morgan fingerprint density at radius 1 is 1.65 bits per heavy atom. The van der Waals surface area contributed by atoms with Crippen LogP contribution in [0.15, 0.2) is 12.3 Å². The second kappa shape index (κ2) is 6.00. The molecule has 1 aromatic rings. The number of aliphatic hydroxyl groups excluding tert-OH is 1. The van der Waals surface area contributed by atoms with Gasteiger partial charge in [0.1, 0.15) is 5.69 Å². The van der Waals surface area contributed by atoms with Gasteiger partial charge in [-0.15, -0.1) is 0 Å². The van der Waals surface area contributed by atoms with E-state index >= 15 is 0 Å². The third kappa shape index (κ3) is 4.23. The highest BCUT2D eigenvalue weighted by Gasteiger charge is 2.13. The van der Waals surface area contributed by atoms with Crippen LogP contribution in [0, 0.1) is 0 Å². The number of rotatable bonds is 6. The highest BCUT2D eigenvalue weighted by Crippen LogP contribution is 2.01. The van der Waals surface area contributed by atoms with Crippen LogP contribution in [0.5, 0.6) is 0 Å². The number of aliphatic hydroxyl groups is 1. The zero-order valence-corrected chi connectivity index (χ0v) is 9.50. The summed E-state index contributed by atoms with van der Waals surface area (Å²) in [4.78, 5) is 21.8. The zero-order valence-electron chi connectivity index (χ0n) is 9.50. The summed E-state index contributed by atoms with van der Waals surface area (Å²) in [5.41, 5.74) is 5.15. The quantitative estimate of drug-likeness (QED) is 0.640. The van der Waals surface area contributed by atoms with Crippen LogP contribution in [0.4, 0.5) is 0 Å². The summed E-state index contributed by atoms with van der Waals surface area (Å²) in [5.74, 6) is -1.11. The number of hydrogen-bond donors (Lipinski definition) is 2. The second-order valence-corrected chi connectivity index (χ2v) is 3.45. The summed E-state index contributed by atoms with van der Waals surface area (Å²) < 4.78 is 6.04. The monoisotopic (exact) mass is 241 g/mol. The maximum absolute atomic E-state index is 11.1. The number of carbonyl (C=O) groups is 2. The topological polar surface area (TPSA) is 107 Å². The highest BCUT2D eigenvalue weighted by molar-refractivity contribution is 5.90. The Morgan fingerprint density at radius 2 is 2.35 bits per heavy atom. The molecule has 0 spiro atoms. The largest absolute Gasteiger partial charge is 0.466 e. The van der Waals surface area contributed by atoms with Crippen LogP contribution in [0.3, 0.4) is 0 Å². The van der Waals surface area contributed by atoms with Gasteiger partial charge in [-0.3, -0.25) is 14.3 Å². The molecule has 1 aromatic heterocycles. The maximum Gasteiger partial charge on any atom is 0.308 e. The number of aromatic nitrogens is 2. The number of amides is 1. The molecular formula is C10H15N3O4. The molecular weight excluding hydrogens is 226 g/mol. The lowest BCUT2D eigenvalue weighted by atomic mass is 10.2. The summed E-state index contributed by atoms with van der Waals surface area (Å²) in [6.07, 6.45) is 0.489. The molecule has 7 heteroatoms. The number of nitrogens with two attached hydrogens (primary N) is 1. The predicted molar refractivity (Wildman–Crippen MR) is 58.0 cm³/mol. The van der Waals surface area contributed by atoms with Crippen LogP contribution in [0.2, 0.25) is 0 Å². The Balaban J connectivity index is 2.47. The minimum atomic E-state index is -0.908. The van der Waals surface area contributed by atoms with Gasteiger partial charge in [-0.1, -0.05) is 0 Å².